The Hall–Kier alpha value is -0.590. The van der Waals surface area contributed by atoms with Crippen molar-refractivity contribution in [1.29, 1.82) is 0 Å². The zero-order chi connectivity index (χ0) is 10.7. The van der Waals surface area contributed by atoms with E-state index in [1.165, 1.54) is 44.1 Å². The molecule has 0 heterocycles. The van der Waals surface area contributed by atoms with Crippen molar-refractivity contribution < 1.29 is 4.79 Å². The van der Waals surface area contributed by atoms with Crippen molar-refractivity contribution in [1.82, 2.24) is 0 Å². The first kappa shape index (κ1) is 9.62. The fourth-order valence-electron chi connectivity index (χ4n) is 4.73. The lowest BCUT2D eigenvalue weighted by molar-refractivity contribution is -0.122. The third-order valence-corrected chi connectivity index (χ3v) is 5.63. The molecule has 0 aromatic heterocycles. The minimum atomic E-state index is 0.264. The second-order valence-electron chi connectivity index (χ2n) is 6.03. The Morgan fingerprint density at radius 3 is 2.80 bits per heavy atom. The first-order chi connectivity index (χ1) is 7.10. The predicted octanol–water partition coefficient (Wildman–Crippen LogP) is 3.49. The van der Waals surface area contributed by atoms with Crippen LogP contribution < -0.4 is 0 Å². The predicted molar refractivity (Wildman–Crippen MR) is 60.5 cm³/mol. The fraction of sp³-hybridized carbons (Fsp3) is 0.786. The van der Waals surface area contributed by atoms with Gasteiger partial charge in [0.15, 0.2) is 5.78 Å². The van der Waals surface area contributed by atoms with Gasteiger partial charge < -0.3 is 0 Å². The molecule has 3 aliphatic carbocycles. The molecule has 2 saturated carbocycles. The van der Waals surface area contributed by atoms with Crippen molar-refractivity contribution in [2.45, 2.75) is 52.4 Å². The second kappa shape index (κ2) is 2.75. The highest BCUT2D eigenvalue weighted by atomic mass is 16.1. The Morgan fingerprint density at radius 1 is 1.27 bits per heavy atom. The molecule has 3 atom stereocenters. The average molecular weight is 204 g/mol. The molecule has 2 fully saturated rings. The molecule has 0 N–H and O–H groups in total. The van der Waals surface area contributed by atoms with Crippen LogP contribution in [0.3, 0.4) is 0 Å². The molecule has 3 aliphatic rings. The lowest BCUT2D eigenvalue weighted by Crippen LogP contribution is -2.43. The molecule has 0 radical (unpaired) electrons. The van der Waals surface area contributed by atoms with Crippen LogP contribution in [-0.4, -0.2) is 5.78 Å². The molecule has 0 saturated heterocycles. The Balaban J connectivity index is 2.14. The molecular formula is C14H20O. The summed E-state index contributed by atoms with van der Waals surface area (Å²) in [5, 5.41) is 0. The van der Waals surface area contributed by atoms with Crippen molar-refractivity contribution in [3.8, 4) is 0 Å². The van der Waals surface area contributed by atoms with Gasteiger partial charge in [-0.2, -0.15) is 0 Å². The van der Waals surface area contributed by atoms with Crippen LogP contribution in [0.15, 0.2) is 11.6 Å². The summed E-state index contributed by atoms with van der Waals surface area (Å²) >= 11 is 0. The molecule has 82 valence electrons. The van der Waals surface area contributed by atoms with Gasteiger partial charge in [-0.1, -0.05) is 32.3 Å². The molecule has 1 unspecified atom stereocenters. The van der Waals surface area contributed by atoms with Gasteiger partial charge >= 0.3 is 0 Å². The maximum absolute atomic E-state index is 11.9. The Kier molecular flexibility index (Phi) is 1.76. The number of hydrogen-bond acceptors (Lipinski definition) is 1. The van der Waals surface area contributed by atoms with E-state index in [2.05, 4.69) is 13.8 Å². The minimum Gasteiger partial charge on any atom is -0.295 e. The lowest BCUT2D eigenvalue weighted by atomic mass is 9.54. The molecule has 3 rings (SSSR count). The summed E-state index contributed by atoms with van der Waals surface area (Å²) in [4.78, 5) is 11.9. The van der Waals surface area contributed by atoms with E-state index in [0.717, 1.165) is 0 Å². The maximum atomic E-state index is 11.9. The van der Waals surface area contributed by atoms with E-state index >= 15 is 0 Å². The highest BCUT2D eigenvalue weighted by Crippen LogP contribution is 2.68. The van der Waals surface area contributed by atoms with E-state index in [1.807, 2.05) is 6.08 Å². The number of allylic oxidation sites excluding steroid dienone is 2. The zero-order valence-corrected chi connectivity index (χ0v) is 9.81. The normalized spacial score (nSPS) is 48.8. The number of carbonyl (C=O) groups is 1. The van der Waals surface area contributed by atoms with Gasteiger partial charge in [-0.15, -0.1) is 0 Å². The summed E-state index contributed by atoms with van der Waals surface area (Å²) in [5.41, 5.74) is 2.22. The molecule has 0 aromatic carbocycles. The highest BCUT2D eigenvalue weighted by Gasteiger charge is 2.61. The number of hydrogen-bond donors (Lipinski definition) is 0. The lowest BCUT2D eigenvalue weighted by Gasteiger charge is -2.49. The summed E-state index contributed by atoms with van der Waals surface area (Å²) < 4.78 is 0. The Morgan fingerprint density at radius 2 is 2.00 bits per heavy atom. The van der Waals surface area contributed by atoms with Crippen molar-refractivity contribution >= 4 is 5.78 Å². The monoisotopic (exact) mass is 204 g/mol. The Bertz CT molecular complexity index is 354. The van der Waals surface area contributed by atoms with Gasteiger partial charge in [-0.05, 0) is 37.2 Å². The third kappa shape index (κ3) is 0.926. The summed E-state index contributed by atoms with van der Waals surface area (Å²) in [6.45, 7) is 4.60. The van der Waals surface area contributed by atoms with E-state index in [1.54, 1.807) is 0 Å². The summed E-state index contributed by atoms with van der Waals surface area (Å²) in [5.74, 6) is 0.665. The molecule has 1 heteroatoms. The van der Waals surface area contributed by atoms with Crippen LogP contribution in [0.25, 0.3) is 0 Å². The smallest absolute Gasteiger partial charge is 0.159 e. The molecule has 0 amide bonds. The molecule has 0 aromatic rings. The molecule has 0 bridgehead atoms. The molecular weight excluding hydrogens is 184 g/mol. The standard InChI is InChI=1S/C14H20O/c1-10-12(15)9-11-5-8-13(2)6-3-4-7-14(10,11)13/h9-10H,3-8H2,1-2H3/t10?,13-,14-/m0/s1. The molecule has 0 aliphatic heterocycles. The van der Waals surface area contributed by atoms with E-state index in [9.17, 15) is 4.79 Å². The van der Waals surface area contributed by atoms with Gasteiger partial charge in [0, 0.05) is 11.3 Å². The maximum Gasteiger partial charge on any atom is 0.159 e. The van der Waals surface area contributed by atoms with Crippen LogP contribution in [-0.2, 0) is 4.79 Å². The SMILES string of the molecule is CC1C(=O)C=C2CC[C@]3(C)CCCC[C@@]213. The molecule has 15 heavy (non-hydrogen) atoms. The van der Waals surface area contributed by atoms with Crippen LogP contribution in [0.2, 0.25) is 0 Å². The van der Waals surface area contributed by atoms with E-state index in [0.29, 0.717) is 11.2 Å². The first-order valence-corrected chi connectivity index (χ1v) is 6.35. The summed E-state index contributed by atoms with van der Waals surface area (Å²) in [6.07, 6.45) is 9.78. The second-order valence-corrected chi connectivity index (χ2v) is 6.03. The van der Waals surface area contributed by atoms with E-state index in [-0.39, 0.29) is 11.3 Å². The van der Waals surface area contributed by atoms with Gasteiger partial charge in [-0.3, -0.25) is 4.79 Å². The van der Waals surface area contributed by atoms with Crippen LogP contribution in [0.5, 0.6) is 0 Å². The fourth-order valence-corrected chi connectivity index (χ4v) is 4.73. The number of carbonyl (C=O) groups excluding carboxylic acids is 1. The molecule has 1 nitrogen and oxygen atoms in total. The molecule has 1 spiro atoms. The van der Waals surface area contributed by atoms with Crippen molar-refractivity contribution in [2.75, 3.05) is 0 Å². The number of ketones is 1. The van der Waals surface area contributed by atoms with Crippen molar-refractivity contribution in [3.05, 3.63) is 11.6 Å². The van der Waals surface area contributed by atoms with Crippen LogP contribution in [0.1, 0.15) is 52.4 Å². The van der Waals surface area contributed by atoms with Crippen LogP contribution in [0.4, 0.5) is 0 Å². The largest absolute Gasteiger partial charge is 0.295 e. The van der Waals surface area contributed by atoms with Crippen molar-refractivity contribution in [2.24, 2.45) is 16.7 Å². The van der Waals surface area contributed by atoms with Gasteiger partial charge in [-0.25, -0.2) is 0 Å². The quantitative estimate of drug-likeness (QED) is 0.590. The van der Waals surface area contributed by atoms with E-state index < -0.39 is 0 Å². The van der Waals surface area contributed by atoms with Gasteiger partial charge in [0.05, 0.1) is 0 Å². The summed E-state index contributed by atoms with van der Waals surface area (Å²) in [7, 11) is 0. The highest BCUT2D eigenvalue weighted by molar-refractivity contribution is 5.96. The first-order valence-electron chi connectivity index (χ1n) is 6.35. The van der Waals surface area contributed by atoms with Gasteiger partial charge in [0.1, 0.15) is 0 Å². The topological polar surface area (TPSA) is 17.1 Å². The minimum absolute atomic E-state index is 0.264. The van der Waals surface area contributed by atoms with Crippen LogP contribution in [0, 0.1) is 16.7 Å². The number of rotatable bonds is 0. The average Bonchev–Trinajstić information content (AvgIpc) is 2.63. The van der Waals surface area contributed by atoms with Crippen LogP contribution >= 0.6 is 0 Å². The zero-order valence-electron chi connectivity index (χ0n) is 9.81. The van der Waals surface area contributed by atoms with Gasteiger partial charge in [0.2, 0.25) is 0 Å². The summed E-state index contributed by atoms with van der Waals surface area (Å²) in [6, 6.07) is 0. The van der Waals surface area contributed by atoms with E-state index in [4.69, 9.17) is 0 Å². The van der Waals surface area contributed by atoms with Gasteiger partial charge in [0.25, 0.3) is 0 Å². The third-order valence-electron chi connectivity index (χ3n) is 5.63. The Labute approximate surface area is 91.9 Å². The van der Waals surface area contributed by atoms with Crippen molar-refractivity contribution in [3.63, 3.8) is 0 Å².